The maximum atomic E-state index is 15.3. The predicted molar refractivity (Wildman–Crippen MR) is 137 cm³/mol. The van der Waals surface area contributed by atoms with E-state index in [1.54, 1.807) is 25.9 Å². The highest BCUT2D eigenvalue weighted by Gasteiger charge is 2.53. The van der Waals surface area contributed by atoms with Gasteiger partial charge in [0, 0.05) is 11.3 Å². The van der Waals surface area contributed by atoms with E-state index in [0.717, 1.165) is 16.9 Å². The van der Waals surface area contributed by atoms with Crippen molar-refractivity contribution in [2.75, 3.05) is 20.3 Å². The van der Waals surface area contributed by atoms with Crippen LogP contribution in [0, 0.1) is 6.92 Å². The number of hydrogen-bond acceptors (Lipinski definition) is 6. The first-order valence-corrected chi connectivity index (χ1v) is 12.9. The molecule has 1 saturated carbocycles. The Morgan fingerprint density at radius 3 is 2.44 bits per heavy atom. The summed E-state index contributed by atoms with van der Waals surface area (Å²) in [6, 6.07) is 16.9. The lowest BCUT2D eigenvalue weighted by Gasteiger charge is -2.28. The van der Waals surface area contributed by atoms with Crippen LogP contribution in [0.3, 0.4) is 0 Å². The van der Waals surface area contributed by atoms with E-state index in [2.05, 4.69) is 4.98 Å². The van der Waals surface area contributed by atoms with E-state index in [1.807, 2.05) is 54.6 Å². The van der Waals surface area contributed by atoms with Crippen LogP contribution in [-0.4, -0.2) is 48.2 Å². The highest BCUT2D eigenvalue weighted by Crippen LogP contribution is 2.50. The second-order valence-electron chi connectivity index (χ2n) is 9.02. The van der Waals surface area contributed by atoms with Crippen LogP contribution in [-0.2, 0) is 27.9 Å². The Hall–Kier alpha value is -3.26. The van der Waals surface area contributed by atoms with Crippen molar-refractivity contribution in [3.63, 3.8) is 0 Å². The number of carbonyl (C=O) groups is 2. The summed E-state index contributed by atoms with van der Waals surface area (Å²) in [6.45, 7) is 3.87. The number of rotatable bonds is 11. The number of nitrogens with zero attached hydrogens (tertiary/aromatic N) is 2. The number of aromatic nitrogens is 1. The molecule has 4 rings (SSSR count). The Morgan fingerprint density at radius 2 is 1.83 bits per heavy atom. The molecule has 8 heteroatoms. The summed E-state index contributed by atoms with van der Waals surface area (Å²) in [5.74, 6) is 0.115. The molecule has 2 aromatic carbocycles. The Kier molecular flexibility index (Phi) is 8.04. The highest BCUT2D eigenvalue weighted by atomic mass is 32.1. The Labute approximate surface area is 215 Å². The van der Waals surface area contributed by atoms with E-state index in [9.17, 15) is 9.59 Å². The van der Waals surface area contributed by atoms with Crippen LogP contribution in [0.4, 0.5) is 4.39 Å². The van der Waals surface area contributed by atoms with Gasteiger partial charge in [-0.05, 0) is 49.9 Å². The minimum atomic E-state index is -1.24. The number of amides is 1. The van der Waals surface area contributed by atoms with Gasteiger partial charge in [-0.25, -0.2) is 14.2 Å². The molecule has 1 aromatic heterocycles. The smallest absolute Gasteiger partial charge is 0.358 e. The molecule has 1 heterocycles. The average Bonchev–Trinajstić information content (AvgIpc) is 3.61. The van der Waals surface area contributed by atoms with Crippen molar-refractivity contribution in [3.05, 3.63) is 81.3 Å². The van der Waals surface area contributed by atoms with Gasteiger partial charge < -0.3 is 14.4 Å². The van der Waals surface area contributed by atoms with Crippen LogP contribution in [0.1, 0.15) is 51.3 Å². The maximum absolute atomic E-state index is 15.3. The molecular weight excluding hydrogens is 479 g/mol. The van der Waals surface area contributed by atoms with Crippen molar-refractivity contribution in [2.45, 2.75) is 51.2 Å². The zero-order valence-electron chi connectivity index (χ0n) is 20.8. The van der Waals surface area contributed by atoms with Gasteiger partial charge in [-0.3, -0.25) is 4.79 Å². The van der Waals surface area contributed by atoms with Gasteiger partial charge in [0.2, 0.25) is 5.91 Å². The second kappa shape index (κ2) is 11.2. The first kappa shape index (κ1) is 25.8. The van der Waals surface area contributed by atoms with Gasteiger partial charge in [-0.1, -0.05) is 42.5 Å². The molecule has 0 spiro atoms. The number of methoxy groups -OCH3 is 1. The summed E-state index contributed by atoms with van der Waals surface area (Å²) in [5, 5.41) is 0.585. The lowest BCUT2D eigenvalue weighted by molar-refractivity contribution is -0.135. The van der Waals surface area contributed by atoms with Crippen molar-refractivity contribution in [1.29, 1.82) is 0 Å². The number of benzene rings is 2. The quantitative estimate of drug-likeness (QED) is 0.329. The average molecular weight is 511 g/mol. The third-order valence-electron chi connectivity index (χ3n) is 6.44. The van der Waals surface area contributed by atoms with Crippen molar-refractivity contribution < 1.29 is 23.5 Å². The molecule has 6 nitrogen and oxygen atoms in total. The standard InChI is InChI=1S/C28H31FN2O4S/c1-4-35-26(32)25-19(2)36-24(30-25)18-31(17-22(29)16-20-8-6-5-7-9-20)27(33)28(14-15-28)21-10-12-23(34-3)13-11-21/h5-13,22H,4,14-18H2,1-3H3. The monoisotopic (exact) mass is 510 g/mol. The second-order valence-corrected chi connectivity index (χ2v) is 10.3. The number of carbonyl (C=O) groups excluding carboxylic acids is 2. The largest absolute Gasteiger partial charge is 0.497 e. The third-order valence-corrected chi connectivity index (χ3v) is 7.40. The summed E-state index contributed by atoms with van der Waals surface area (Å²) in [5.41, 5.74) is 1.36. The molecule has 3 aromatic rings. The van der Waals surface area contributed by atoms with E-state index in [4.69, 9.17) is 9.47 Å². The molecule has 1 aliphatic rings. The molecule has 0 N–H and O–H groups in total. The van der Waals surface area contributed by atoms with Crippen LogP contribution in [0.2, 0.25) is 0 Å². The number of hydrogen-bond donors (Lipinski definition) is 0. The molecule has 190 valence electrons. The van der Waals surface area contributed by atoms with E-state index in [1.165, 1.54) is 11.3 Å². The van der Waals surface area contributed by atoms with Crippen molar-refractivity contribution >= 4 is 23.2 Å². The molecular formula is C28H31FN2O4S. The minimum Gasteiger partial charge on any atom is -0.497 e. The summed E-state index contributed by atoms with van der Waals surface area (Å²) < 4.78 is 25.7. The third kappa shape index (κ3) is 5.75. The van der Waals surface area contributed by atoms with Crippen molar-refractivity contribution in [2.24, 2.45) is 0 Å². The molecule has 1 amide bonds. The van der Waals surface area contributed by atoms with Gasteiger partial charge in [-0.2, -0.15) is 0 Å². The first-order valence-electron chi connectivity index (χ1n) is 12.1. The van der Waals surface area contributed by atoms with Crippen LogP contribution in [0.15, 0.2) is 54.6 Å². The number of alkyl halides is 1. The topological polar surface area (TPSA) is 68.7 Å². The number of aryl methyl sites for hydroxylation is 1. The molecule has 1 atom stereocenters. The maximum Gasteiger partial charge on any atom is 0.358 e. The molecule has 1 aliphatic carbocycles. The van der Waals surface area contributed by atoms with E-state index < -0.39 is 17.6 Å². The molecule has 0 bridgehead atoms. The molecule has 0 aliphatic heterocycles. The van der Waals surface area contributed by atoms with Crippen LogP contribution in [0.25, 0.3) is 0 Å². The summed E-state index contributed by atoms with van der Waals surface area (Å²) in [4.78, 5) is 32.9. The first-order chi connectivity index (χ1) is 17.4. The van der Waals surface area contributed by atoms with Gasteiger partial charge in [-0.15, -0.1) is 11.3 Å². The Bertz CT molecular complexity index is 1190. The zero-order chi connectivity index (χ0) is 25.7. The lowest BCUT2D eigenvalue weighted by atomic mass is 9.94. The minimum absolute atomic E-state index is 0.0565. The van der Waals surface area contributed by atoms with Crippen LogP contribution < -0.4 is 4.74 Å². The summed E-state index contributed by atoms with van der Waals surface area (Å²) in [6.07, 6.45) is 0.379. The highest BCUT2D eigenvalue weighted by molar-refractivity contribution is 7.11. The van der Waals surface area contributed by atoms with Crippen molar-refractivity contribution in [1.82, 2.24) is 9.88 Å². The van der Waals surface area contributed by atoms with Gasteiger partial charge in [0.15, 0.2) is 5.69 Å². The van der Waals surface area contributed by atoms with Gasteiger partial charge in [0.05, 0.1) is 32.2 Å². The van der Waals surface area contributed by atoms with Crippen LogP contribution >= 0.6 is 11.3 Å². The normalized spacial score (nSPS) is 14.7. The molecule has 0 radical (unpaired) electrons. The fourth-order valence-electron chi connectivity index (χ4n) is 4.43. The number of esters is 1. The summed E-state index contributed by atoms with van der Waals surface area (Å²) >= 11 is 1.33. The van der Waals surface area contributed by atoms with Gasteiger partial charge in [0.25, 0.3) is 0 Å². The predicted octanol–water partition coefficient (Wildman–Crippen LogP) is 5.28. The molecule has 0 saturated heterocycles. The fraction of sp³-hybridized carbons (Fsp3) is 0.393. The van der Waals surface area contributed by atoms with Crippen LogP contribution in [0.5, 0.6) is 5.75 Å². The number of thiazole rings is 1. The van der Waals surface area contributed by atoms with E-state index in [0.29, 0.717) is 22.7 Å². The van der Waals surface area contributed by atoms with E-state index in [-0.39, 0.29) is 37.7 Å². The SMILES string of the molecule is CCOC(=O)c1nc(CN(CC(F)Cc2ccccc2)C(=O)C2(c3ccc(OC)cc3)CC2)sc1C. The molecule has 1 unspecified atom stereocenters. The van der Waals surface area contributed by atoms with Crippen molar-refractivity contribution in [3.8, 4) is 5.75 Å². The zero-order valence-corrected chi connectivity index (χ0v) is 21.6. The molecule has 1 fully saturated rings. The van der Waals surface area contributed by atoms with Gasteiger partial charge >= 0.3 is 5.97 Å². The van der Waals surface area contributed by atoms with Gasteiger partial charge in [0.1, 0.15) is 16.9 Å². The fourth-order valence-corrected chi connectivity index (χ4v) is 5.36. The summed E-state index contributed by atoms with van der Waals surface area (Å²) in [7, 11) is 1.60. The Balaban J connectivity index is 1.58. The number of halogens is 1. The molecule has 36 heavy (non-hydrogen) atoms. The lowest BCUT2D eigenvalue weighted by Crippen LogP contribution is -2.42. The number of ether oxygens (including phenoxy) is 2. The Morgan fingerprint density at radius 1 is 1.14 bits per heavy atom. The van der Waals surface area contributed by atoms with E-state index >= 15 is 4.39 Å².